The van der Waals surface area contributed by atoms with Crippen LogP contribution >= 0.6 is 0 Å². The molecule has 1 aliphatic rings. The first-order valence-corrected chi connectivity index (χ1v) is 6.00. The van der Waals surface area contributed by atoms with Crippen molar-refractivity contribution < 1.29 is 4.79 Å². The summed E-state index contributed by atoms with van der Waals surface area (Å²) in [5, 5.41) is 0. The largest absolute Gasteiger partial charge is 0.278 e. The molecule has 1 saturated carbocycles. The second kappa shape index (κ2) is 4.56. The molecule has 0 radical (unpaired) electrons. The summed E-state index contributed by atoms with van der Waals surface area (Å²) in [5.41, 5.74) is 1.59. The highest BCUT2D eigenvalue weighted by atomic mass is 16.2. The van der Waals surface area contributed by atoms with Crippen molar-refractivity contribution >= 4 is 17.3 Å². The minimum absolute atomic E-state index is 0.135. The van der Waals surface area contributed by atoms with Crippen molar-refractivity contribution in [3.05, 3.63) is 49.1 Å². The van der Waals surface area contributed by atoms with Crippen LogP contribution in [0.5, 0.6) is 0 Å². The summed E-state index contributed by atoms with van der Waals surface area (Å²) in [4.78, 5) is 22.2. The summed E-state index contributed by atoms with van der Waals surface area (Å²) < 4.78 is 0. The van der Waals surface area contributed by atoms with Crippen LogP contribution in [0.4, 0.5) is 11.4 Å². The number of carbonyl (C=O) groups is 1. The van der Waals surface area contributed by atoms with Crippen molar-refractivity contribution in [2.45, 2.75) is 12.8 Å². The number of hydrogen-bond donors (Lipinski definition) is 0. The molecule has 0 saturated heterocycles. The predicted octanol–water partition coefficient (Wildman–Crippen LogP) is 2.55. The van der Waals surface area contributed by atoms with E-state index in [1.54, 1.807) is 29.7 Å². The molecule has 2 aromatic heterocycles. The van der Waals surface area contributed by atoms with Gasteiger partial charge in [0.15, 0.2) is 0 Å². The molecule has 1 amide bonds. The molecule has 2 heterocycles. The predicted molar refractivity (Wildman–Crippen MR) is 68.3 cm³/mol. The van der Waals surface area contributed by atoms with E-state index in [2.05, 4.69) is 9.97 Å². The molecule has 90 valence electrons. The Morgan fingerprint density at radius 1 is 1.06 bits per heavy atom. The molecule has 4 nitrogen and oxygen atoms in total. The molecule has 0 bridgehead atoms. The summed E-state index contributed by atoms with van der Waals surface area (Å²) in [5.74, 6) is 0.293. The number of anilines is 2. The summed E-state index contributed by atoms with van der Waals surface area (Å²) in [6.45, 7) is 0. The van der Waals surface area contributed by atoms with E-state index in [1.807, 2.05) is 24.3 Å². The van der Waals surface area contributed by atoms with Crippen molar-refractivity contribution in [3.8, 4) is 0 Å². The maximum atomic E-state index is 12.4. The van der Waals surface area contributed by atoms with Crippen molar-refractivity contribution in [2.24, 2.45) is 5.92 Å². The Morgan fingerprint density at radius 3 is 2.00 bits per heavy atom. The fraction of sp³-hybridized carbons (Fsp3) is 0.214. The van der Waals surface area contributed by atoms with Crippen molar-refractivity contribution in [2.75, 3.05) is 4.90 Å². The Balaban J connectivity index is 2.01. The lowest BCUT2D eigenvalue weighted by molar-refractivity contribution is -0.119. The zero-order valence-electron chi connectivity index (χ0n) is 9.86. The third kappa shape index (κ3) is 2.09. The van der Waals surface area contributed by atoms with Crippen LogP contribution in [0.25, 0.3) is 0 Å². The van der Waals surface area contributed by atoms with Crippen molar-refractivity contribution in [3.63, 3.8) is 0 Å². The lowest BCUT2D eigenvalue weighted by Gasteiger charge is -2.22. The molecular weight excluding hydrogens is 226 g/mol. The van der Waals surface area contributed by atoms with Crippen LogP contribution in [-0.4, -0.2) is 15.9 Å². The maximum Gasteiger partial charge on any atom is 0.234 e. The van der Waals surface area contributed by atoms with Crippen LogP contribution in [0.15, 0.2) is 49.1 Å². The van der Waals surface area contributed by atoms with Crippen molar-refractivity contribution in [1.29, 1.82) is 0 Å². The molecule has 0 unspecified atom stereocenters. The highest BCUT2D eigenvalue weighted by Gasteiger charge is 2.34. The number of aromatic nitrogens is 2. The van der Waals surface area contributed by atoms with Gasteiger partial charge in [0.05, 0.1) is 23.8 Å². The van der Waals surface area contributed by atoms with Crippen LogP contribution in [-0.2, 0) is 4.79 Å². The van der Waals surface area contributed by atoms with E-state index < -0.39 is 0 Å². The first kappa shape index (κ1) is 10.9. The smallest absolute Gasteiger partial charge is 0.234 e. The van der Waals surface area contributed by atoms with Gasteiger partial charge in [-0.05, 0) is 37.1 Å². The van der Waals surface area contributed by atoms with Gasteiger partial charge in [-0.3, -0.25) is 19.7 Å². The maximum absolute atomic E-state index is 12.4. The Bertz CT molecular complexity index is 498. The van der Waals surface area contributed by atoms with Crippen LogP contribution in [0.1, 0.15) is 12.8 Å². The van der Waals surface area contributed by atoms with Gasteiger partial charge in [-0.25, -0.2) is 0 Å². The lowest BCUT2D eigenvalue weighted by atomic mass is 10.2. The van der Waals surface area contributed by atoms with E-state index >= 15 is 0 Å². The van der Waals surface area contributed by atoms with Crippen LogP contribution in [0.3, 0.4) is 0 Å². The van der Waals surface area contributed by atoms with Crippen molar-refractivity contribution in [1.82, 2.24) is 9.97 Å². The van der Waals surface area contributed by atoms with Crippen LogP contribution < -0.4 is 4.90 Å². The summed E-state index contributed by atoms with van der Waals surface area (Å²) in [7, 11) is 0. The van der Waals surface area contributed by atoms with Gasteiger partial charge in [0.1, 0.15) is 0 Å². The van der Waals surface area contributed by atoms with E-state index in [9.17, 15) is 4.79 Å². The van der Waals surface area contributed by atoms with E-state index in [1.165, 1.54) is 0 Å². The first-order chi connectivity index (χ1) is 8.86. The molecule has 4 heteroatoms. The molecule has 2 aromatic rings. The minimum Gasteiger partial charge on any atom is -0.278 e. The summed E-state index contributed by atoms with van der Waals surface area (Å²) >= 11 is 0. The zero-order valence-corrected chi connectivity index (χ0v) is 9.86. The molecular formula is C14H13N3O. The second-order valence-corrected chi connectivity index (χ2v) is 4.37. The number of pyridine rings is 2. The molecule has 1 fully saturated rings. The lowest BCUT2D eigenvalue weighted by Crippen LogP contribution is -2.27. The molecule has 0 spiro atoms. The minimum atomic E-state index is 0.135. The summed E-state index contributed by atoms with van der Waals surface area (Å²) in [6, 6.07) is 7.44. The quantitative estimate of drug-likeness (QED) is 0.826. The highest BCUT2D eigenvalue weighted by molar-refractivity contribution is 6.02. The van der Waals surface area contributed by atoms with Gasteiger partial charge < -0.3 is 0 Å². The zero-order chi connectivity index (χ0) is 12.4. The summed E-state index contributed by atoms with van der Waals surface area (Å²) in [6.07, 6.45) is 8.77. The Morgan fingerprint density at radius 2 is 1.61 bits per heavy atom. The molecule has 0 atom stereocenters. The van der Waals surface area contributed by atoms with Gasteiger partial charge in [-0.15, -0.1) is 0 Å². The number of carbonyl (C=O) groups excluding carboxylic acids is 1. The number of nitrogens with zero attached hydrogens (tertiary/aromatic N) is 3. The van der Waals surface area contributed by atoms with E-state index in [-0.39, 0.29) is 11.8 Å². The SMILES string of the molecule is O=C(C1CC1)N(c1cccnc1)c1cccnc1. The van der Waals surface area contributed by atoms with Gasteiger partial charge >= 0.3 is 0 Å². The van der Waals surface area contributed by atoms with Gasteiger partial charge in [-0.1, -0.05) is 0 Å². The topological polar surface area (TPSA) is 46.1 Å². The number of amides is 1. The third-order valence-electron chi connectivity index (χ3n) is 2.96. The molecule has 3 rings (SSSR count). The molecule has 18 heavy (non-hydrogen) atoms. The number of hydrogen-bond acceptors (Lipinski definition) is 3. The molecule has 0 aromatic carbocycles. The van der Waals surface area contributed by atoms with Gasteiger partial charge in [0.2, 0.25) is 5.91 Å². The van der Waals surface area contributed by atoms with E-state index in [4.69, 9.17) is 0 Å². The molecule has 0 N–H and O–H groups in total. The fourth-order valence-corrected chi connectivity index (χ4v) is 1.89. The second-order valence-electron chi connectivity index (χ2n) is 4.37. The average Bonchev–Trinajstić information content (AvgIpc) is 3.26. The van der Waals surface area contributed by atoms with Crippen LogP contribution in [0, 0.1) is 5.92 Å². The van der Waals surface area contributed by atoms with Gasteiger partial charge in [0.25, 0.3) is 0 Å². The average molecular weight is 239 g/mol. The normalized spacial score (nSPS) is 14.2. The van der Waals surface area contributed by atoms with Gasteiger partial charge in [0, 0.05) is 18.3 Å². The number of rotatable bonds is 3. The van der Waals surface area contributed by atoms with Crippen LogP contribution in [0.2, 0.25) is 0 Å². The Hall–Kier alpha value is -2.23. The standard InChI is InChI=1S/C14H13N3O/c18-14(11-5-6-11)17(12-3-1-7-15-9-12)13-4-2-8-16-10-13/h1-4,7-11H,5-6H2. The molecule has 0 aliphatic heterocycles. The fourth-order valence-electron chi connectivity index (χ4n) is 1.89. The molecule has 1 aliphatic carbocycles. The Kier molecular flexibility index (Phi) is 2.76. The van der Waals surface area contributed by atoms with E-state index in [0.717, 1.165) is 24.2 Å². The monoisotopic (exact) mass is 239 g/mol. The van der Waals surface area contributed by atoms with E-state index in [0.29, 0.717) is 0 Å². The third-order valence-corrected chi connectivity index (χ3v) is 2.96. The van der Waals surface area contributed by atoms with Gasteiger partial charge in [-0.2, -0.15) is 0 Å². The first-order valence-electron chi connectivity index (χ1n) is 6.00. The Labute approximate surface area is 105 Å². The highest BCUT2D eigenvalue weighted by Crippen LogP contribution is 2.35.